The molecule has 0 aliphatic carbocycles. The maximum Gasteiger partial charge on any atom is 0.202 e. The topological polar surface area (TPSA) is 16.8 Å². The smallest absolute Gasteiger partial charge is 0.202 e. The van der Waals surface area contributed by atoms with Crippen LogP contribution in [0.25, 0.3) is 0 Å². The summed E-state index contributed by atoms with van der Waals surface area (Å²) >= 11 is 0. The lowest BCUT2D eigenvalue weighted by Gasteiger charge is -2.44. The molecule has 5 rings (SSSR count). The Balaban J connectivity index is 0.000000257. The number of nitrogens with one attached hydrogen (secondary N) is 1. The maximum atomic E-state index is 4.09. The minimum Gasteiger partial charge on any atom is -0.259 e. The predicted octanol–water partition coefficient (Wildman–Crippen LogP) is 3.02. The van der Waals surface area contributed by atoms with Crippen molar-refractivity contribution in [3.05, 3.63) is 146 Å². The highest BCUT2D eigenvalue weighted by Gasteiger charge is 2.31. The van der Waals surface area contributed by atoms with Crippen molar-refractivity contribution in [2.75, 3.05) is 6.54 Å². The number of hydrogen-bond donors (Lipinski definition) is 1. The van der Waals surface area contributed by atoms with E-state index in [1.807, 2.05) is 25.4 Å². The lowest BCUT2D eigenvalue weighted by atomic mass is 9.13. The zero-order valence-electron chi connectivity index (χ0n) is 19.7. The zero-order chi connectivity index (χ0) is 23.6. The quantitative estimate of drug-likeness (QED) is 0.349. The van der Waals surface area contributed by atoms with Gasteiger partial charge in [-0.1, -0.05) is 128 Å². The molecule has 1 heterocycles. The van der Waals surface area contributed by atoms with Crippen molar-refractivity contribution in [2.24, 2.45) is 4.99 Å². The molecule has 0 amide bonds. The normalized spacial score (nSPS) is 14.6. The highest BCUT2D eigenvalue weighted by atomic mass is 15.2. The van der Waals surface area contributed by atoms with Crippen LogP contribution >= 0.6 is 0 Å². The Labute approximate surface area is 203 Å². The Morgan fingerprint density at radius 3 is 1.26 bits per heavy atom. The molecular weight excluding hydrogens is 411 g/mol. The van der Waals surface area contributed by atoms with E-state index in [2.05, 4.69) is 133 Å². The third-order valence-electron chi connectivity index (χ3n) is 6.57. The number of quaternary nitrogens is 1. The van der Waals surface area contributed by atoms with Gasteiger partial charge in [-0.05, 0) is 6.08 Å². The van der Waals surface area contributed by atoms with E-state index < -0.39 is 6.15 Å². The van der Waals surface area contributed by atoms with Gasteiger partial charge in [0.2, 0.25) is 5.84 Å². The van der Waals surface area contributed by atoms with E-state index >= 15 is 0 Å². The monoisotopic (exact) mass is 442 g/mol. The summed E-state index contributed by atoms with van der Waals surface area (Å²) in [6.45, 7) is 6.60. The molecule has 4 aromatic rings. The summed E-state index contributed by atoms with van der Waals surface area (Å²) in [5.74, 6) is 1.12. The van der Waals surface area contributed by atoms with E-state index in [0.717, 1.165) is 12.4 Å². The second kappa shape index (κ2) is 11.3. The molecule has 3 heteroatoms. The van der Waals surface area contributed by atoms with Gasteiger partial charge in [0.25, 0.3) is 0 Å². The molecular formula is C31H31BN2. The van der Waals surface area contributed by atoms with Crippen molar-refractivity contribution >= 4 is 33.8 Å². The maximum absolute atomic E-state index is 4.09. The summed E-state index contributed by atoms with van der Waals surface area (Å²) in [5.41, 5.74) is 5.36. The molecule has 168 valence electrons. The van der Waals surface area contributed by atoms with Crippen LogP contribution in [0, 0.1) is 0 Å². The molecule has 0 saturated carbocycles. The highest BCUT2D eigenvalue weighted by Crippen LogP contribution is 2.09. The van der Waals surface area contributed by atoms with Gasteiger partial charge in [0.15, 0.2) is 0 Å². The van der Waals surface area contributed by atoms with Crippen LogP contribution in [0.4, 0.5) is 0 Å². The second-order valence-corrected chi connectivity index (χ2v) is 8.56. The Morgan fingerprint density at radius 2 is 1.00 bits per heavy atom. The first kappa shape index (κ1) is 23.2. The van der Waals surface area contributed by atoms with Crippen LogP contribution in [0.5, 0.6) is 0 Å². The van der Waals surface area contributed by atoms with E-state index in [1.54, 1.807) is 0 Å². The van der Waals surface area contributed by atoms with Gasteiger partial charge in [0, 0.05) is 6.92 Å². The summed E-state index contributed by atoms with van der Waals surface area (Å²) in [7, 11) is 0. The number of hydrogen-bond acceptors (Lipinski definition) is 1. The van der Waals surface area contributed by atoms with Crippen molar-refractivity contribution in [3.8, 4) is 0 Å². The van der Waals surface area contributed by atoms with E-state index in [-0.39, 0.29) is 0 Å². The van der Waals surface area contributed by atoms with E-state index in [4.69, 9.17) is 0 Å². The Morgan fingerprint density at radius 1 is 0.647 bits per heavy atom. The number of amidine groups is 1. The standard InChI is InChI=1S/C24H20B.C7H10N2/c1-5-13-21(14-6-1)25(22-15-7-2-8-16-22,23-17-9-3-10-18-23)24-19-11-4-12-20-24;1-3-5-9-6-4-8-7(9)2/h1-20H;3-4,6H,1,5H2,2H3/q-1;/p+1. The Bertz CT molecular complexity index is 1070. The predicted molar refractivity (Wildman–Crippen MR) is 148 cm³/mol. The van der Waals surface area contributed by atoms with Gasteiger partial charge in [-0.2, -0.15) is 21.9 Å². The minimum atomic E-state index is -1.22. The van der Waals surface area contributed by atoms with Gasteiger partial charge >= 0.3 is 0 Å². The third kappa shape index (κ3) is 4.85. The van der Waals surface area contributed by atoms with Crippen LogP contribution in [-0.4, -0.2) is 18.5 Å². The van der Waals surface area contributed by atoms with Gasteiger partial charge in [-0.25, -0.2) is 4.99 Å². The van der Waals surface area contributed by atoms with Gasteiger partial charge in [0.1, 0.15) is 18.9 Å². The molecule has 4 aromatic carbocycles. The van der Waals surface area contributed by atoms with Crippen molar-refractivity contribution in [2.45, 2.75) is 6.92 Å². The van der Waals surface area contributed by atoms with Gasteiger partial charge < -0.3 is 0 Å². The molecule has 1 aliphatic rings. The fourth-order valence-electron chi connectivity index (χ4n) is 4.94. The van der Waals surface area contributed by atoms with Crippen molar-refractivity contribution in [1.29, 1.82) is 0 Å². The molecule has 1 N–H and O–H groups in total. The van der Waals surface area contributed by atoms with Crippen molar-refractivity contribution < 1.29 is 4.90 Å². The van der Waals surface area contributed by atoms with E-state index in [0.29, 0.717) is 0 Å². The van der Waals surface area contributed by atoms with Gasteiger partial charge in [-0.3, -0.25) is 4.90 Å². The molecule has 1 atom stereocenters. The lowest BCUT2D eigenvalue weighted by molar-refractivity contribution is -0.736. The van der Waals surface area contributed by atoms with E-state index in [9.17, 15) is 0 Å². The zero-order valence-corrected chi connectivity index (χ0v) is 19.7. The molecule has 0 fully saturated rings. The molecule has 0 saturated heterocycles. The van der Waals surface area contributed by atoms with Crippen LogP contribution < -0.4 is 26.8 Å². The van der Waals surface area contributed by atoms with Crippen molar-refractivity contribution in [3.63, 3.8) is 0 Å². The fourth-order valence-corrected chi connectivity index (χ4v) is 4.94. The first-order valence-electron chi connectivity index (χ1n) is 11.8. The lowest BCUT2D eigenvalue weighted by Crippen LogP contribution is -3.08. The largest absolute Gasteiger partial charge is 0.259 e. The molecule has 2 nitrogen and oxygen atoms in total. The molecule has 0 aromatic heterocycles. The van der Waals surface area contributed by atoms with Crippen LogP contribution in [0.2, 0.25) is 0 Å². The van der Waals surface area contributed by atoms with Gasteiger partial charge in [0.05, 0.1) is 6.20 Å². The van der Waals surface area contributed by atoms with Crippen LogP contribution in [0.15, 0.2) is 151 Å². The average Bonchev–Trinajstić information content (AvgIpc) is 3.32. The second-order valence-electron chi connectivity index (χ2n) is 8.56. The number of aliphatic imine (C=N–C) groups is 1. The highest BCUT2D eigenvalue weighted by molar-refractivity contribution is 7.19. The average molecular weight is 442 g/mol. The third-order valence-corrected chi connectivity index (χ3v) is 6.57. The molecule has 34 heavy (non-hydrogen) atoms. The number of rotatable bonds is 6. The summed E-state index contributed by atoms with van der Waals surface area (Å²) in [5, 5.41) is 0. The Hall–Kier alpha value is -3.95. The van der Waals surface area contributed by atoms with Crippen LogP contribution in [0.1, 0.15) is 6.92 Å². The molecule has 0 spiro atoms. The summed E-state index contributed by atoms with van der Waals surface area (Å²) in [4.78, 5) is 5.37. The first-order chi connectivity index (χ1) is 16.8. The fraction of sp³-hybridized carbons (Fsp3) is 0.0645. The number of benzene rings is 4. The first-order valence-corrected chi connectivity index (χ1v) is 11.8. The number of nitrogens with zero attached hydrogens (tertiary/aromatic N) is 1. The Kier molecular flexibility index (Phi) is 7.69. The molecule has 1 unspecified atom stereocenters. The van der Waals surface area contributed by atoms with Crippen LogP contribution in [0.3, 0.4) is 0 Å². The van der Waals surface area contributed by atoms with Crippen molar-refractivity contribution in [1.82, 2.24) is 0 Å². The summed E-state index contributed by atoms with van der Waals surface area (Å²) < 4.78 is 0. The van der Waals surface area contributed by atoms with Gasteiger partial charge in [-0.15, -0.1) is 0 Å². The molecule has 0 bridgehead atoms. The molecule has 0 radical (unpaired) electrons. The minimum absolute atomic E-state index is 0.936. The van der Waals surface area contributed by atoms with E-state index in [1.165, 1.54) is 26.8 Å². The molecule has 1 aliphatic heterocycles. The SMILES string of the molecule is C=CC[NH+]1C=CN=C1C.c1ccc([B-](c2ccccc2)(c2ccccc2)c2ccccc2)cc1. The summed E-state index contributed by atoms with van der Waals surface area (Å²) in [6.07, 6.45) is 4.53. The van der Waals surface area contributed by atoms with Crippen LogP contribution in [-0.2, 0) is 0 Å². The summed E-state index contributed by atoms with van der Waals surface area (Å²) in [6, 6.07) is 43.5.